The van der Waals surface area contributed by atoms with Gasteiger partial charge in [-0.3, -0.25) is 4.79 Å². The van der Waals surface area contributed by atoms with E-state index in [0.717, 1.165) is 38.5 Å². The number of hydrogen-bond donors (Lipinski definition) is 2. The third-order valence-corrected chi connectivity index (χ3v) is 8.68. The van der Waals surface area contributed by atoms with E-state index in [1.165, 1.54) is 12.0 Å². The molecule has 0 aromatic heterocycles. The summed E-state index contributed by atoms with van der Waals surface area (Å²) in [5.74, 6) is 8.56. The fourth-order valence-electron chi connectivity index (χ4n) is 7.06. The number of hydrogen-bond acceptors (Lipinski definition) is 3. The summed E-state index contributed by atoms with van der Waals surface area (Å²) >= 11 is 0. The standard InChI is InChI=1S/C23H33NO2/c1-21-11-7-17(25)15-16(21)5-6-18-19(21)8-12-22(2)20(18)9-13-23(22,26)10-3-4-14-24/h15,18-20,26H,4-9,11-14,24H2,1-2H3/t18-,19+,20+,21+,22+,23+/m1/s1. The summed E-state index contributed by atoms with van der Waals surface area (Å²) in [4.78, 5) is 11.9. The van der Waals surface area contributed by atoms with E-state index in [9.17, 15) is 9.90 Å². The predicted molar refractivity (Wildman–Crippen MR) is 103 cm³/mol. The van der Waals surface area contributed by atoms with Gasteiger partial charge in [0, 0.05) is 24.8 Å². The van der Waals surface area contributed by atoms with Crippen LogP contribution in [0.2, 0.25) is 0 Å². The smallest absolute Gasteiger partial charge is 0.155 e. The van der Waals surface area contributed by atoms with Gasteiger partial charge in [0.05, 0.1) is 0 Å². The molecule has 0 radical (unpaired) electrons. The zero-order valence-electron chi connectivity index (χ0n) is 16.3. The fourth-order valence-corrected chi connectivity index (χ4v) is 7.06. The van der Waals surface area contributed by atoms with Crippen molar-refractivity contribution in [2.75, 3.05) is 6.54 Å². The molecule has 142 valence electrons. The third kappa shape index (κ3) is 2.45. The highest BCUT2D eigenvalue weighted by atomic mass is 16.3. The van der Waals surface area contributed by atoms with Crippen molar-refractivity contribution in [3.8, 4) is 11.8 Å². The van der Waals surface area contributed by atoms with Gasteiger partial charge in [-0.15, -0.1) is 0 Å². The van der Waals surface area contributed by atoms with Crippen LogP contribution in [0.25, 0.3) is 0 Å². The lowest BCUT2D eigenvalue weighted by Gasteiger charge is -2.58. The van der Waals surface area contributed by atoms with Crippen molar-refractivity contribution < 1.29 is 9.90 Å². The quantitative estimate of drug-likeness (QED) is 0.707. The maximum atomic E-state index is 11.9. The molecule has 6 atom stereocenters. The number of aliphatic hydroxyl groups is 1. The minimum atomic E-state index is -0.850. The van der Waals surface area contributed by atoms with Gasteiger partial charge in [-0.2, -0.15) is 0 Å². The van der Waals surface area contributed by atoms with Crippen LogP contribution in [-0.4, -0.2) is 23.0 Å². The second kappa shape index (κ2) is 6.21. The molecule has 0 unspecified atom stereocenters. The summed E-state index contributed by atoms with van der Waals surface area (Å²) in [6, 6.07) is 0. The molecule has 4 aliphatic rings. The summed E-state index contributed by atoms with van der Waals surface area (Å²) in [6.45, 7) is 5.25. The molecular formula is C23H33NO2. The zero-order valence-corrected chi connectivity index (χ0v) is 16.3. The summed E-state index contributed by atoms with van der Waals surface area (Å²) in [6.07, 6.45) is 10.7. The average molecular weight is 356 g/mol. The van der Waals surface area contributed by atoms with Crippen LogP contribution in [0.3, 0.4) is 0 Å². The van der Waals surface area contributed by atoms with Crippen LogP contribution in [0.4, 0.5) is 0 Å². The normalized spacial score (nSPS) is 47.2. The van der Waals surface area contributed by atoms with Crippen molar-refractivity contribution in [3.63, 3.8) is 0 Å². The number of carbonyl (C=O) groups is 1. The molecule has 0 saturated heterocycles. The van der Waals surface area contributed by atoms with Gasteiger partial charge in [0.25, 0.3) is 0 Å². The molecule has 0 bridgehead atoms. The third-order valence-electron chi connectivity index (χ3n) is 8.68. The molecule has 0 spiro atoms. The van der Waals surface area contributed by atoms with Crippen LogP contribution in [0.15, 0.2) is 11.6 Å². The van der Waals surface area contributed by atoms with Gasteiger partial charge in [-0.25, -0.2) is 0 Å². The minimum Gasteiger partial charge on any atom is -0.377 e. The monoisotopic (exact) mass is 355 g/mol. The van der Waals surface area contributed by atoms with Gasteiger partial charge in [-0.1, -0.05) is 31.3 Å². The van der Waals surface area contributed by atoms with Crippen LogP contribution in [-0.2, 0) is 4.79 Å². The first-order valence-electron chi connectivity index (χ1n) is 10.5. The van der Waals surface area contributed by atoms with Gasteiger partial charge in [0.2, 0.25) is 0 Å². The molecule has 0 aliphatic heterocycles. The highest BCUT2D eigenvalue weighted by Crippen LogP contribution is 2.67. The minimum absolute atomic E-state index is 0.0994. The number of carbonyl (C=O) groups excluding carboxylic acids is 1. The Balaban J connectivity index is 1.64. The van der Waals surface area contributed by atoms with Gasteiger partial charge < -0.3 is 10.8 Å². The fraction of sp³-hybridized carbons (Fsp3) is 0.783. The van der Waals surface area contributed by atoms with Gasteiger partial charge in [-0.05, 0) is 74.2 Å². The molecule has 4 aliphatic carbocycles. The Kier molecular flexibility index (Phi) is 4.36. The Morgan fingerprint density at radius 3 is 2.69 bits per heavy atom. The van der Waals surface area contributed by atoms with Crippen molar-refractivity contribution in [1.29, 1.82) is 0 Å². The van der Waals surface area contributed by atoms with Crippen molar-refractivity contribution in [2.24, 2.45) is 34.3 Å². The largest absolute Gasteiger partial charge is 0.377 e. The second-order valence-electron chi connectivity index (χ2n) is 9.66. The molecule has 0 amide bonds. The van der Waals surface area contributed by atoms with Crippen LogP contribution < -0.4 is 5.73 Å². The van der Waals surface area contributed by atoms with Gasteiger partial charge in [0.1, 0.15) is 5.60 Å². The van der Waals surface area contributed by atoms with Gasteiger partial charge >= 0.3 is 0 Å². The molecule has 3 N–H and O–H groups in total. The van der Waals surface area contributed by atoms with E-state index in [1.807, 2.05) is 6.08 Å². The lowest BCUT2D eigenvalue weighted by Crippen LogP contribution is -2.54. The molecule has 3 nitrogen and oxygen atoms in total. The highest BCUT2D eigenvalue weighted by molar-refractivity contribution is 5.91. The Hall–Kier alpha value is -1.11. The number of ketones is 1. The molecule has 3 fully saturated rings. The Morgan fingerprint density at radius 1 is 1.15 bits per heavy atom. The highest BCUT2D eigenvalue weighted by Gasteiger charge is 2.63. The van der Waals surface area contributed by atoms with E-state index in [1.54, 1.807) is 0 Å². The lowest BCUT2D eigenvalue weighted by molar-refractivity contribution is -0.119. The van der Waals surface area contributed by atoms with Crippen molar-refractivity contribution in [1.82, 2.24) is 0 Å². The molecule has 26 heavy (non-hydrogen) atoms. The van der Waals surface area contributed by atoms with E-state index < -0.39 is 5.60 Å². The van der Waals surface area contributed by atoms with Crippen LogP contribution in [0.5, 0.6) is 0 Å². The summed E-state index contributed by atoms with van der Waals surface area (Å²) in [5.41, 5.74) is 6.24. The Morgan fingerprint density at radius 2 is 1.92 bits per heavy atom. The van der Waals surface area contributed by atoms with E-state index in [2.05, 4.69) is 25.7 Å². The zero-order chi connectivity index (χ0) is 18.6. The maximum absolute atomic E-state index is 11.9. The summed E-state index contributed by atoms with van der Waals surface area (Å²) in [5, 5.41) is 11.4. The average Bonchev–Trinajstić information content (AvgIpc) is 2.87. The van der Waals surface area contributed by atoms with Crippen molar-refractivity contribution >= 4 is 5.78 Å². The maximum Gasteiger partial charge on any atom is 0.155 e. The molecule has 0 heterocycles. The van der Waals surface area contributed by atoms with Crippen molar-refractivity contribution in [3.05, 3.63) is 11.6 Å². The van der Waals surface area contributed by atoms with Gasteiger partial charge in [0.15, 0.2) is 5.78 Å². The van der Waals surface area contributed by atoms with Crippen molar-refractivity contribution in [2.45, 2.75) is 77.2 Å². The van der Waals surface area contributed by atoms with Crippen LogP contribution >= 0.6 is 0 Å². The van der Waals surface area contributed by atoms with Crippen LogP contribution in [0, 0.1) is 40.4 Å². The van der Waals surface area contributed by atoms with E-state index >= 15 is 0 Å². The topological polar surface area (TPSA) is 63.3 Å². The Labute approximate surface area is 157 Å². The molecule has 0 aromatic rings. The SMILES string of the molecule is C[C@]12CCC(=O)C=C1CC[C@@H]1[C@@H]2CC[C@@]2(C)[C@H]1CC[C@@]2(O)C#CCCN. The number of fused-ring (bicyclic) bond motifs is 5. The number of nitrogens with two attached hydrogens (primary N) is 1. The second-order valence-corrected chi connectivity index (χ2v) is 9.66. The van der Waals surface area contributed by atoms with E-state index in [4.69, 9.17) is 5.73 Å². The molecule has 4 rings (SSSR count). The van der Waals surface area contributed by atoms with E-state index in [-0.39, 0.29) is 10.8 Å². The van der Waals surface area contributed by atoms with Crippen LogP contribution in [0.1, 0.15) is 71.6 Å². The first-order valence-corrected chi connectivity index (χ1v) is 10.5. The molecule has 3 saturated carbocycles. The van der Waals surface area contributed by atoms with E-state index in [0.29, 0.717) is 42.9 Å². The predicted octanol–water partition coefficient (Wildman–Crippen LogP) is 3.60. The summed E-state index contributed by atoms with van der Waals surface area (Å²) in [7, 11) is 0. The Bertz CT molecular complexity index is 701. The molecule has 3 heteroatoms. The molecule has 0 aromatic carbocycles. The molecular weight excluding hydrogens is 322 g/mol. The number of rotatable bonds is 1. The first-order chi connectivity index (χ1) is 12.3. The summed E-state index contributed by atoms with van der Waals surface area (Å²) < 4.78 is 0. The first kappa shape index (κ1) is 18.3. The number of allylic oxidation sites excluding steroid dienone is 1. The lowest BCUT2D eigenvalue weighted by atomic mass is 9.46.